The molecule has 0 atom stereocenters. The molecular weight excluding hydrogens is 280 g/mol. The van der Waals surface area contributed by atoms with E-state index in [1.807, 2.05) is 20.8 Å². The molecule has 0 spiro atoms. The first kappa shape index (κ1) is 18.0. The summed E-state index contributed by atoms with van der Waals surface area (Å²) in [6.07, 6.45) is 0.555. The maximum Gasteiger partial charge on any atom is 0.165 e. The molecule has 0 heterocycles. The predicted molar refractivity (Wildman–Crippen MR) is 77.2 cm³/mol. The second-order valence-electron chi connectivity index (χ2n) is 7.65. The fourth-order valence-electron chi connectivity index (χ4n) is 2.17. The number of hydrogen-bond donors (Lipinski definition) is 0. The van der Waals surface area contributed by atoms with Gasteiger partial charge in [-0.1, -0.05) is 48.0 Å². The van der Waals surface area contributed by atoms with Crippen molar-refractivity contribution in [3.8, 4) is 0 Å². The second-order valence-corrected chi connectivity index (χ2v) is 7.65. The van der Waals surface area contributed by atoms with Gasteiger partial charge >= 0.3 is 0 Å². The first-order valence-electron chi connectivity index (χ1n) is 7.23. The first-order chi connectivity index (χ1) is 9.39. The number of halogens is 4. The monoisotopic (exact) mass is 304 g/mol. The van der Waals surface area contributed by atoms with Crippen LogP contribution in [0.25, 0.3) is 0 Å². The quantitative estimate of drug-likeness (QED) is 0.486. The van der Waals surface area contributed by atoms with E-state index >= 15 is 0 Å². The van der Waals surface area contributed by atoms with Crippen LogP contribution >= 0.6 is 0 Å². The third-order valence-corrected chi connectivity index (χ3v) is 3.76. The average Bonchev–Trinajstić information content (AvgIpc) is 2.36. The van der Waals surface area contributed by atoms with E-state index in [0.717, 1.165) is 0 Å². The van der Waals surface area contributed by atoms with Gasteiger partial charge in [-0.3, -0.25) is 0 Å². The Kier molecular flexibility index (Phi) is 5.12. The summed E-state index contributed by atoms with van der Waals surface area (Å²) in [5, 5.41) is 0. The summed E-state index contributed by atoms with van der Waals surface area (Å²) in [6, 6.07) is 0. The molecule has 0 N–H and O–H groups in total. The third kappa shape index (κ3) is 4.21. The third-order valence-electron chi connectivity index (χ3n) is 3.76. The Morgan fingerprint density at radius 1 is 0.667 bits per heavy atom. The van der Waals surface area contributed by atoms with Crippen LogP contribution in [0.5, 0.6) is 0 Å². The smallest absolute Gasteiger partial charge is 0.165 e. The van der Waals surface area contributed by atoms with Gasteiger partial charge in [0, 0.05) is 11.1 Å². The molecule has 4 heteroatoms. The van der Waals surface area contributed by atoms with Gasteiger partial charge in [-0.2, -0.15) is 0 Å². The van der Waals surface area contributed by atoms with Crippen LogP contribution in [0.3, 0.4) is 0 Å². The Morgan fingerprint density at radius 3 is 1.29 bits per heavy atom. The van der Waals surface area contributed by atoms with Crippen molar-refractivity contribution in [1.29, 1.82) is 0 Å². The van der Waals surface area contributed by atoms with E-state index in [1.165, 1.54) is 0 Å². The second kappa shape index (κ2) is 5.98. The fourth-order valence-corrected chi connectivity index (χ4v) is 2.17. The molecule has 0 unspecified atom stereocenters. The summed E-state index contributed by atoms with van der Waals surface area (Å²) in [5.74, 6) is -5.03. The molecule has 0 fully saturated rings. The normalized spacial score (nSPS) is 12.9. The van der Waals surface area contributed by atoms with Gasteiger partial charge in [-0.25, -0.2) is 17.6 Å². The minimum absolute atomic E-state index is 0.0369. The Hall–Kier alpha value is -1.06. The van der Waals surface area contributed by atoms with Crippen LogP contribution in [-0.4, -0.2) is 0 Å². The van der Waals surface area contributed by atoms with E-state index < -0.39 is 45.2 Å². The predicted octanol–water partition coefficient (Wildman–Crippen LogP) is 5.81. The molecule has 0 amide bonds. The Labute approximate surface area is 124 Å². The van der Waals surface area contributed by atoms with Crippen molar-refractivity contribution in [2.24, 2.45) is 10.8 Å². The molecule has 1 aromatic rings. The highest BCUT2D eigenvalue weighted by molar-refractivity contribution is 5.31. The number of rotatable bonds is 4. The molecule has 1 aromatic carbocycles. The van der Waals surface area contributed by atoms with Crippen LogP contribution in [0.4, 0.5) is 17.6 Å². The van der Waals surface area contributed by atoms with Gasteiger partial charge in [0.25, 0.3) is 0 Å². The molecule has 0 aromatic heterocycles. The summed E-state index contributed by atoms with van der Waals surface area (Å²) >= 11 is 0. The van der Waals surface area contributed by atoms with E-state index in [0.29, 0.717) is 6.42 Å². The van der Waals surface area contributed by atoms with Crippen molar-refractivity contribution in [2.45, 2.75) is 60.8 Å². The van der Waals surface area contributed by atoms with Gasteiger partial charge in [0.2, 0.25) is 0 Å². The van der Waals surface area contributed by atoms with Crippen molar-refractivity contribution in [2.75, 3.05) is 0 Å². The lowest BCUT2D eigenvalue weighted by atomic mass is 9.81. The van der Waals surface area contributed by atoms with Crippen LogP contribution in [0.15, 0.2) is 0 Å². The molecule has 21 heavy (non-hydrogen) atoms. The fraction of sp³-hybridized carbons (Fsp3) is 0.647. The van der Waals surface area contributed by atoms with E-state index in [4.69, 9.17) is 0 Å². The summed E-state index contributed by atoms with van der Waals surface area (Å²) in [6.45, 7) is 10.8. The molecule has 120 valence electrons. The largest absolute Gasteiger partial charge is 0.203 e. The first-order valence-corrected chi connectivity index (χ1v) is 7.23. The minimum Gasteiger partial charge on any atom is -0.203 e. The van der Waals surface area contributed by atoms with Gasteiger partial charge in [-0.15, -0.1) is 0 Å². The summed E-state index contributed by atoms with van der Waals surface area (Å²) in [5.41, 5.74) is -1.89. The van der Waals surface area contributed by atoms with Gasteiger partial charge in [0.1, 0.15) is 0 Å². The summed E-state index contributed by atoms with van der Waals surface area (Å²) in [4.78, 5) is 0. The highest BCUT2D eigenvalue weighted by Crippen LogP contribution is 2.34. The molecule has 0 radical (unpaired) electrons. The highest BCUT2D eigenvalue weighted by Gasteiger charge is 2.30. The molecule has 0 aliphatic carbocycles. The van der Waals surface area contributed by atoms with Gasteiger partial charge in [0.15, 0.2) is 23.3 Å². The van der Waals surface area contributed by atoms with Gasteiger partial charge in [0.05, 0.1) is 0 Å². The van der Waals surface area contributed by atoms with E-state index in [9.17, 15) is 17.6 Å². The molecule has 0 aliphatic heterocycles. The molecule has 0 saturated carbocycles. The molecule has 0 aliphatic rings. The maximum atomic E-state index is 14.2. The zero-order valence-electron chi connectivity index (χ0n) is 13.6. The molecule has 0 bridgehead atoms. The standard InChI is InChI=1S/C17H24F4/c1-7-17(5,6)9-11-14(20)12(18)10(8-16(2,3)4)13(19)15(11)21/h7-9H2,1-6H3. The van der Waals surface area contributed by atoms with Gasteiger partial charge < -0.3 is 0 Å². The summed E-state index contributed by atoms with van der Waals surface area (Å²) in [7, 11) is 0. The van der Waals surface area contributed by atoms with E-state index in [2.05, 4.69) is 0 Å². The lowest BCUT2D eigenvalue weighted by Gasteiger charge is -2.25. The molecule has 1 rings (SSSR count). The van der Waals surface area contributed by atoms with Crippen molar-refractivity contribution in [3.05, 3.63) is 34.4 Å². The van der Waals surface area contributed by atoms with E-state index in [-0.39, 0.29) is 12.8 Å². The average molecular weight is 304 g/mol. The zero-order chi connectivity index (χ0) is 16.6. The Morgan fingerprint density at radius 2 is 1.00 bits per heavy atom. The van der Waals surface area contributed by atoms with Crippen molar-refractivity contribution >= 4 is 0 Å². The number of benzene rings is 1. The lowest BCUT2D eigenvalue weighted by molar-refractivity contribution is 0.322. The van der Waals surface area contributed by atoms with Crippen LogP contribution in [0, 0.1) is 34.1 Å². The molecular formula is C17H24F4. The zero-order valence-corrected chi connectivity index (χ0v) is 13.6. The molecule has 0 saturated heterocycles. The van der Waals surface area contributed by atoms with E-state index in [1.54, 1.807) is 20.8 Å². The Balaban J connectivity index is 3.40. The topological polar surface area (TPSA) is 0 Å². The van der Waals surface area contributed by atoms with Crippen LogP contribution in [0.1, 0.15) is 59.1 Å². The van der Waals surface area contributed by atoms with Crippen molar-refractivity contribution in [3.63, 3.8) is 0 Å². The van der Waals surface area contributed by atoms with Crippen LogP contribution in [-0.2, 0) is 12.8 Å². The SMILES string of the molecule is CCC(C)(C)Cc1c(F)c(F)c(CC(C)(C)C)c(F)c1F. The van der Waals surface area contributed by atoms with Crippen LogP contribution < -0.4 is 0 Å². The molecule has 0 nitrogen and oxygen atoms in total. The van der Waals surface area contributed by atoms with Gasteiger partial charge in [-0.05, 0) is 23.7 Å². The van der Waals surface area contributed by atoms with Crippen molar-refractivity contribution in [1.82, 2.24) is 0 Å². The number of hydrogen-bond acceptors (Lipinski definition) is 0. The highest BCUT2D eigenvalue weighted by atomic mass is 19.2. The Bertz CT molecular complexity index is 496. The van der Waals surface area contributed by atoms with Crippen molar-refractivity contribution < 1.29 is 17.6 Å². The van der Waals surface area contributed by atoms with Crippen LogP contribution in [0.2, 0.25) is 0 Å². The lowest BCUT2D eigenvalue weighted by Crippen LogP contribution is -2.20. The maximum absolute atomic E-state index is 14.2. The minimum atomic E-state index is -1.26. The summed E-state index contributed by atoms with van der Waals surface area (Å²) < 4.78 is 56.6.